The molecule has 3 heterocycles. The standard InChI is InChI=1S/C27H30O16/c28-7-14-17(33)20(36)22(38)26(40-14)43-25-21(37)18(34)15(8-29)41-27(25)42-24-19(35)16-12(32)5-11(31)6-13(16)39-23(24)9-1-3-10(30)4-2-9/h1-6,14-15,17-18,20-22,25-34,36-38H,7-8H2/t14-,15-,17-,18+,20+,21+,22-,25-,26-,27-/m1/s1. The quantitative estimate of drug-likeness (QED) is 0.133. The van der Waals surface area contributed by atoms with Gasteiger partial charge in [0.15, 0.2) is 18.2 Å². The molecular weight excluding hydrogens is 580 g/mol. The van der Waals surface area contributed by atoms with Crippen LogP contribution in [0.3, 0.4) is 0 Å². The molecule has 0 unspecified atom stereocenters. The number of rotatable bonds is 7. The molecule has 16 heteroatoms. The zero-order valence-electron chi connectivity index (χ0n) is 22.1. The Balaban J connectivity index is 1.60. The van der Waals surface area contributed by atoms with Gasteiger partial charge in [-0.15, -0.1) is 0 Å². The van der Waals surface area contributed by atoms with E-state index >= 15 is 0 Å². The fraction of sp³-hybridized carbons (Fsp3) is 0.444. The molecule has 0 amide bonds. The summed E-state index contributed by atoms with van der Waals surface area (Å²) < 4.78 is 28.3. The van der Waals surface area contributed by atoms with Crippen LogP contribution in [0.4, 0.5) is 0 Å². The molecule has 2 aromatic carbocycles. The minimum absolute atomic E-state index is 0.129. The Morgan fingerprint density at radius 1 is 0.721 bits per heavy atom. The van der Waals surface area contributed by atoms with E-state index in [1.54, 1.807) is 0 Å². The first-order valence-electron chi connectivity index (χ1n) is 13.0. The van der Waals surface area contributed by atoms with Crippen molar-refractivity contribution >= 4 is 11.0 Å². The molecule has 0 aliphatic carbocycles. The third-order valence-electron chi connectivity index (χ3n) is 7.25. The molecule has 0 radical (unpaired) electrons. The van der Waals surface area contributed by atoms with Crippen molar-refractivity contribution in [3.63, 3.8) is 0 Å². The van der Waals surface area contributed by atoms with E-state index in [9.17, 15) is 55.9 Å². The molecule has 43 heavy (non-hydrogen) atoms. The Morgan fingerprint density at radius 3 is 1.95 bits per heavy atom. The Labute approximate surface area is 241 Å². The van der Waals surface area contributed by atoms with Crippen LogP contribution < -0.4 is 10.2 Å². The molecule has 0 bridgehead atoms. The van der Waals surface area contributed by atoms with Crippen LogP contribution in [0.2, 0.25) is 0 Å². The van der Waals surface area contributed by atoms with Crippen LogP contribution in [0.1, 0.15) is 0 Å². The van der Waals surface area contributed by atoms with Gasteiger partial charge in [0.25, 0.3) is 0 Å². The zero-order chi connectivity index (χ0) is 31.2. The molecule has 3 aromatic rings. The number of hydrogen-bond donors (Lipinski definition) is 10. The monoisotopic (exact) mass is 610 g/mol. The number of fused-ring (bicyclic) bond motifs is 1. The predicted octanol–water partition coefficient (Wildman–Crippen LogP) is -2.42. The van der Waals surface area contributed by atoms with Gasteiger partial charge in [-0.05, 0) is 24.3 Å². The summed E-state index contributed by atoms with van der Waals surface area (Å²) in [5.41, 5.74) is -1.07. The molecule has 2 saturated heterocycles. The number of hydrogen-bond acceptors (Lipinski definition) is 16. The van der Waals surface area contributed by atoms with Crippen LogP contribution in [-0.4, -0.2) is 126 Å². The summed E-state index contributed by atoms with van der Waals surface area (Å²) in [7, 11) is 0. The van der Waals surface area contributed by atoms with Crippen molar-refractivity contribution in [1.29, 1.82) is 0 Å². The molecule has 10 N–H and O–H groups in total. The summed E-state index contributed by atoms with van der Waals surface area (Å²) in [6.07, 6.45) is -17.7. The molecule has 2 fully saturated rings. The van der Waals surface area contributed by atoms with Gasteiger partial charge in [-0.1, -0.05) is 0 Å². The van der Waals surface area contributed by atoms with Crippen molar-refractivity contribution in [3.05, 3.63) is 46.6 Å². The Morgan fingerprint density at radius 2 is 1.33 bits per heavy atom. The highest BCUT2D eigenvalue weighted by molar-refractivity contribution is 5.88. The number of aromatic hydroxyl groups is 3. The van der Waals surface area contributed by atoms with Crippen LogP contribution in [0.15, 0.2) is 45.6 Å². The van der Waals surface area contributed by atoms with Crippen molar-refractivity contribution < 1.29 is 74.4 Å². The van der Waals surface area contributed by atoms with E-state index in [0.29, 0.717) is 0 Å². The molecule has 2 aliphatic rings. The lowest BCUT2D eigenvalue weighted by Crippen LogP contribution is -2.65. The second-order valence-electron chi connectivity index (χ2n) is 10.1. The Kier molecular flexibility index (Phi) is 8.77. The zero-order valence-corrected chi connectivity index (χ0v) is 22.1. The number of aliphatic hydroxyl groups excluding tert-OH is 7. The normalized spacial score (nSPS) is 33.0. The maximum Gasteiger partial charge on any atom is 0.239 e. The minimum Gasteiger partial charge on any atom is -0.508 e. The average molecular weight is 611 g/mol. The highest BCUT2D eigenvalue weighted by Gasteiger charge is 2.51. The van der Waals surface area contributed by atoms with E-state index in [1.165, 1.54) is 24.3 Å². The van der Waals surface area contributed by atoms with Crippen LogP contribution in [0, 0.1) is 0 Å². The molecule has 0 spiro atoms. The van der Waals surface area contributed by atoms with Crippen LogP contribution >= 0.6 is 0 Å². The minimum atomic E-state index is -1.93. The van der Waals surface area contributed by atoms with Crippen LogP contribution in [-0.2, 0) is 14.2 Å². The van der Waals surface area contributed by atoms with Crippen molar-refractivity contribution in [2.45, 2.75) is 61.4 Å². The predicted molar refractivity (Wildman–Crippen MR) is 140 cm³/mol. The van der Waals surface area contributed by atoms with Gasteiger partial charge in [0.2, 0.25) is 17.5 Å². The van der Waals surface area contributed by atoms with Gasteiger partial charge >= 0.3 is 0 Å². The average Bonchev–Trinajstić information content (AvgIpc) is 2.97. The molecule has 0 saturated carbocycles. The summed E-state index contributed by atoms with van der Waals surface area (Å²) in [5.74, 6) is -2.15. The molecule has 5 rings (SSSR count). The third kappa shape index (κ3) is 5.73. The Hall–Kier alpha value is -3.55. The van der Waals surface area contributed by atoms with E-state index in [4.69, 9.17) is 23.4 Å². The van der Waals surface area contributed by atoms with E-state index < -0.39 is 103 Å². The number of phenols is 3. The lowest BCUT2D eigenvalue weighted by molar-refractivity contribution is -0.358. The second kappa shape index (κ2) is 12.2. The van der Waals surface area contributed by atoms with Gasteiger partial charge in [0, 0.05) is 17.7 Å². The molecular formula is C27H30O16. The third-order valence-corrected chi connectivity index (χ3v) is 7.25. The summed E-state index contributed by atoms with van der Waals surface area (Å²) in [5, 5.41) is 101. The first-order chi connectivity index (χ1) is 20.4. The van der Waals surface area contributed by atoms with Crippen molar-refractivity contribution in [2.75, 3.05) is 13.2 Å². The molecule has 10 atom stereocenters. The van der Waals surface area contributed by atoms with Gasteiger partial charge in [0.05, 0.1) is 13.2 Å². The largest absolute Gasteiger partial charge is 0.508 e. The fourth-order valence-electron chi connectivity index (χ4n) is 4.92. The van der Waals surface area contributed by atoms with Gasteiger partial charge in [-0.25, -0.2) is 0 Å². The number of phenolic OH excluding ortho intramolecular Hbond substituents is 3. The maximum absolute atomic E-state index is 13.7. The fourth-order valence-corrected chi connectivity index (χ4v) is 4.92. The molecule has 2 aliphatic heterocycles. The smallest absolute Gasteiger partial charge is 0.239 e. The van der Waals surface area contributed by atoms with Crippen LogP contribution in [0.5, 0.6) is 23.0 Å². The lowest BCUT2D eigenvalue weighted by Gasteiger charge is -2.45. The number of ether oxygens (including phenoxy) is 4. The summed E-state index contributed by atoms with van der Waals surface area (Å²) >= 11 is 0. The van der Waals surface area contributed by atoms with Gasteiger partial charge in [0.1, 0.15) is 70.9 Å². The summed E-state index contributed by atoms with van der Waals surface area (Å²) in [6.45, 7) is -1.63. The SMILES string of the molecule is O=c1c(O[C@H]2O[C@H](CO)[C@H](O)[C@H](O)[C@H]2O[C@H]2O[C@H](CO)[C@@H](O)[C@H](O)[C@H]2O)c(-c2ccc(O)cc2)oc2cc(O)cc(O)c12. The maximum atomic E-state index is 13.7. The van der Waals surface area contributed by atoms with Crippen LogP contribution in [0.25, 0.3) is 22.3 Å². The van der Waals surface area contributed by atoms with Gasteiger partial charge < -0.3 is 74.4 Å². The summed E-state index contributed by atoms with van der Waals surface area (Å²) in [4.78, 5) is 13.7. The first kappa shape index (κ1) is 30.9. The highest BCUT2D eigenvalue weighted by Crippen LogP contribution is 2.38. The highest BCUT2D eigenvalue weighted by atomic mass is 16.8. The molecule has 234 valence electrons. The topological polar surface area (TPSA) is 269 Å². The molecule has 16 nitrogen and oxygen atoms in total. The number of benzene rings is 2. The Bertz CT molecular complexity index is 1490. The van der Waals surface area contributed by atoms with Crippen molar-refractivity contribution in [3.8, 4) is 34.3 Å². The van der Waals surface area contributed by atoms with Crippen molar-refractivity contribution in [2.24, 2.45) is 0 Å². The van der Waals surface area contributed by atoms with E-state index in [1.807, 2.05) is 0 Å². The number of aliphatic hydroxyl groups is 7. The summed E-state index contributed by atoms with van der Waals surface area (Å²) in [6, 6.07) is 7.20. The lowest BCUT2D eigenvalue weighted by atomic mass is 9.97. The van der Waals surface area contributed by atoms with Gasteiger partial charge in [-0.2, -0.15) is 0 Å². The first-order valence-corrected chi connectivity index (χ1v) is 13.0. The van der Waals surface area contributed by atoms with Gasteiger partial charge in [-0.3, -0.25) is 4.79 Å². The second-order valence-corrected chi connectivity index (χ2v) is 10.1. The van der Waals surface area contributed by atoms with Crippen molar-refractivity contribution in [1.82, 2.24) is 0 Å². The van der Waals surface area contributed by atoms with E-state index in [0.717, 1.165) is 12.1 Å². The van der Waals surface area contributed by atoms with E-state index in [-0.39, 0.29) is 22.7 Å². The molecule has 1 aromatic heterocycles. The van der Waals surface area contributed by atoms with E-state index in [2.05, 4.69) is 0 Å².